The number of aromatic nitrogens is 5. The fourth-order valence-electron chi connectivity index (χ4n) is 3.22. The van der Waals surface area contributed by atoms with Gasteiger partial charge in [-0.2, -0.15) is 5.10 Å². The monoisotopic (exact) mass is 447 g/mol. The van der Waals surface area contributed by atoms with Crippen LogP contribution in [0.5, 0.6) is 0 Å². The number of fused-ring (bicyclic) bond motifs is 1. The van der Waals surface area contributed by atoms with Crippen LogP contribution in [-0.2, 0) is 11.3 Å². The van der Waals surface area contributed by atoms with Gasteiger partial charge in [-0.3, -0.25) is 4.79 Å². The van der Waals surface area contributed by atoms with E-state index >= 15 is 0 Å². The Labute approximate surface area is 183 Å². The van der Waals surface area contributed by atoms with Crippen LogP contribution < -0.4 is 10.2 Å². The summed E-state index contributed by atoms with van der Waals surface area (Å²) in [6.45, 7) is 5.86. The van der Waals surface area contributed by atoms with Crippen LogP contribution in [0.4, 0.5) is 5.82 Å². The lowest BCUT2D eigenvalue weighted by Gasteiger charge is -2.28. The zero-order valence-corrected chi connectivity index (χ0v) is 18.1. The summed E-state index contributed by atoms with van der Waals surface area (Å²) in [5.41, 5.74) is 1.11. The van der Waals surface area contributed by atoms with Gasteiger partial charge in [-0.25, -0.2) is 19.6 Å². The maximum absolute atomic E-state index is 12.3. The molecular weight excluding hydrogens is 426 g/mol. The molecule has 1 fully saturated rings. The van der Waals surface area contributed by atoms with Crippen LogP contribution in [0.2, 0.25) is 5.15 Å². The van der Waals surface area contributed by atoms with Crippen molar-refractivity contribution in [1.29, 1.82) is 0 Å². The SMILES string of the molecule is CCSc1nc(N2CCOCC2)c2cnn(CCNC(=O)c3cccnc3Cl)c2n1. The zero-order chi connectivity index (χ0) is 20.9. The zero-order valence-electron chi connectivity index (χ0n) is 16.5. The molecule has 1 aliphatic rings. The molecule has 0 atom stereocenters. The Kier molecular flexibility index (Phi) is 6.66. The van der Waals surface area contributed by atoms with Gasteiger partial charge in [0.1, 0.15) is 11.0 Å². The van der Waals surface area contributed by atoms with Gasteiger partial charge in [0.25, 0.3) is 5.91 Å². The fraction of sp³-hybridized carbons (Fsp3) is 0.421. The molecule has 158 valence electrons. The molecule has 0 saturated carbocycles. The molecule has 1 saturated heterocycles. The Hall–Kier alpha value is -2.43. The summed E-state index contributed by atoms with van der Waals surface area (Å²) in [7, 11) is 0. The molecule has 11 heteroatoms. The number of ether oxygens (including phenoxy) is 1. The summed E-state index contributed by atoms with van der Waals surface area (Å²) in [6, 6.07) is 3.32. The number of amides is 1. The van der Waals surface area contributed by atoms with Crippen molar-refractivity contribution in [2.45, 2.75) is 18.6 Å². The highest BCUT2D eigenvalue weighted by Gasteiger charge is 2.20. The van der Waals surface area contributed by atoms with Gasteiger partial charge in [0.05, 0.1) is 36.9 Å². The first-order valence-electron chi connectivity index (χ1n) is 9.75. The van der Waals surface area contributed by atoms with Gasteiger partial charge in [0, 0.05) is 25.8 Å². The summed E-state index contributed by atoms with van der Waals surface area (Å²) < 4.78 is 7.27. The van der Waals surface area contributed by atoms with Gasteiger partial charge < -0.3 is 15.0 Å². The molecule has 0 aromatic carbocycles. The molecule has 1 N–H and O–H groups in total. The van der Waals surface area contributed by atoms with Gasteiger partial charge in [0.15, 0.2) is 10.8 Å². The van der Waals surface area contributed by atoms with E-state index in [4.69, 9.17) is 26.3 Å². The van der Waals surface area contributed by atoms with Gasteiger partial charge in [-0.05, 0) is 17.9 Å². The minimum absolute atomic E-state index is 0.184. The standard InChI is InChI=1S/C19H22ClN7O2S/c1-2-30-19-24-16(26-8-10-29-11-9-26)14-12-23-27(17(14)25-19)7-6-22-18(28)13-4-3-5-21-15(13)20/h3-5,12H,2,6-11H2,1H3,(H,22,28). The third-order valence-corrected chi connectivity index (χ3v) is 5.68. The Morgan fingerprint density at radius 3 is 2.93 bits per heavy atom. The van der Waals surface area contributed by atoms with E-state index in [0.29, 0.717) is 31.9 Å². The summed E-state index contributed by atoms with van der Waals surface area (Å²) in [5, 5.41) is 9.16. The predicted octanol–water partition coefficient (Wildman–Crippen LogP) is 2.25. The number of anilines is 1. The highest BCUT2D eigenvalue weighted by atomic mass is 35.5. The number of nitrogens with zero attached hydrogens (tertiary/aromatic N) is 6. The molecule has 3 aromatic rings. The van der Waals surface area contributed by atoms with E-state index in [0.717, 1.165) is 40.9 Å². The van der Waals surface area contributed by atoms with Gasteiger partial charge >= 0.3 is 0 Å². The van der Waals surface area contributed by atoms with Crippen molar-refractivity contribution in [3.05, 3.63) is 35.2 Å². The van der Waals surface area contributed by atoms with E-state index in [-0.39, 0.29) is 11.1 Å². The minimum Gasteiger partial charge on any atom is -0.378 e. The number of halogens is 1. The van der Waals surface area contributed by atoms with Crippen LogP contribution in [-0.4, -0.2) is 69.2 Å². The van der Waals surface area contributed by atoms with Crippen LogP contribution in [0, 0.1) is 0 Å². The second-order valence-corrected chi connectivity index (χ2v) is 8.15. The van der Waals surface area contributed by atoms with E-state index in [1.807, 2.05) is 0 Å². The van der Waals surface area contributed by atoms with Gasteiger partial charge in [-0.15, -0.1) is 0 Å². The Balaban J connectivity index is 1.53. The Morgan fingerprint density at radius 1 is 1.33 bits per heavy atom. The molecule has 1 aliphatic heterocycles. The summed E-state index contributed by atoms with van der Waals surface area (Å²) in [5.74, 6) is 1.50. The average molecular weight is 448 g/mol. The highest BCUT2D eigenvalue weighted by Crippen LogP contribution is 2.27. The van der Waals surface area contributed by atoms with Crippen LogP contribution in [0.25, 0.3) is 11.0 Å². The third-order valence-electron chi connectivity index (χ3n) is 4.65. The number of pyridine rings is 1. The highest BCUT2D eigenvalue weighted by molar-refractivity contribution is 7.99. The van der Waals surface area contributed by atoms with Gasteiger partial charge in [0.2, 0.25) is 0 Å². The van der Waals surface area contributed by atoms with E-state index in [1.165, 1.54) is 0 Å². The second-order valence-electron chi connectivity index (χ2n) is 6.56. The topological polar surface area (TPSA) is 98.1 Å². The molecular formula is C19H22ClN7O2S. The lowest BCUT2D eigenvalue weighted by Crippen LogP contribution is -2.37. The number of rotatable bonds is 7. The summed E-state index contributed by atoms with van der Waals surface area (Å²) in [4.78, 5) is 28.0. The first-order chi connectivity index (χ1) is 14.7. The lowest BCUT2D eigenvalue weighted by atomic mass is 10.2. The fourth-order valence-corrected chi connectivity index (χ4v) is 3.99. The molecule has 1 amide bonds. The smallest absolute Gasteiger partial charge is 0.254 e. The molecule has 0 aliphatic carbocycles. The summed E-state index contributed by atoms with van der Waals surface area (Å²) >= 11 is 7.59. The van der Waals surface area contributed by atoms with E-state index in [9.17, 15) is 4.79 Å². The largest absolute Gasteiger partial charge is 0.378 e. The number of thioether (sulfide) groups is 1. The normalized spacial score (nSPS) is 14.3. The molecule has 30 heavy (non-hydrogen) atoms. The average Bonchev–Trinajstić information content (AvgIpc) is 3.17. The molecule has 0 spiro atoms. The quantitative estimate of drug-likeness (QED) is 0.334. The molecule has 4 rings (SSSR count). The van der Waals surface area contributed by atoms with Crippen LogP contribution >= 0.6 is 23.4 Å². The number of hydrogen-bond acceptors (Lipinski definition) is 8. The third kappa shape index (κ3) is 4.50. The minimum atomic E-state index is -0.268. The number of carbonyl (C=O) groups excluding carboxylic acids is 1. The summed E-state index contributed by atoms with van der Waals surface area (Å²) in [6.07, 6.45) is 3.34. The van der Waals surface area contributed by atoms with Crippen molar-refractivity contribution < 1.29 is 9.53 Å². The molecule has 9 nitrogen and oxygen atoms in total. The van der Waals surface area contributed by atoms with E-state index in [2.05, 4.69) is 27.2 Å². The number of morpholine rings is 1. The molecule has 0 bridgehead atoms. The Morgan fingerprint density at radius 2 is 2.17 bits per heavy atom. The van der Waals surface area contributed by atoms with Crippen molar-refractivity contribution in [3.8, 4) is 0 Å². The second kappa shape index (κ2) is 9.59. The predicted molar refractivity (Wildman–Crippen MR) is 116 cm³/mol. The number of carbonyl (C=O) groups is 1. The maximum atomic E-state index is 12.3. The molecule has 0 unspecified atom stereocenters. The van der Waals surface area contributed by atoms with E-state index < -0.39 is 0 Å². The molecule has 0 radical (unpaired) electrons. The van der Waals surface area contributed by atoms with Crippen LogP contribution in [0.15, 0.2) is 29.7 Å². The van der Waals surface area contributed by atoms with Crippen molar-refractivity contribution in [1.82, 2.24) is 30.0 Å². The molecule has 4 heterocycles. The van der Waals surface area contributed by atoms with Crippen molar-refractivity contribution in [2.75, 3.05) is 43.5 Å². The van der Waals surface area contributed by atoms with Crippen molar-refractivity contribution in [3.63, 3.8) is 0 Å². The first-order valence-corrected chi connectivity index (χ1v) is 11.1. The Bertz CT molecular complexity index is 1040. The number of nitrogens with one attached hydrogen (secondary N) is 1. The van der Waals surface area contributed by atoms with Gasteiger partial charge in [-0.1, -0.05) is 30.3 Å². The lowest BCUT2D eigenvalue weighted by molar-refractivity contribution is 0.0952. The maximum Gasteiger partial charge on any atom is 0.254 e. The van der Waals surface area contributed by atoms with E-state index in [1.54, 1.807) is 41.0 Å². The first kappa shape index (κ1) is 20.8. The van der Waals surface area contributed by atoms with Crippen molar-refractivity contribution in [2.24, 2.45) is 0 Å². The number of hydrogen-bond donors (Lipinski definition) is 1. The van der Waals surface area contributed by atoms with Crippen LogP contribution in [0.1, 0.15) is 17.3 Å². The van der Waals surface area contributed by atoms with Crippen molar-refractivity contribution >= 4 is 46.1 Å². The van der Waals surface area contributed by atoms with Crippen LogP contribution in [0.3, 0.4) is 0 Å². The molecule has 3 aromatic heterocycles.